The van der Waals surface area contributed by atoms with Crippen molar-refractivity contribution in [3.63, 3.8) is 0 Å². The van der Waals surface area contributed by atoms with E-state index >= 15 is 0 Å². The van der Waals surface area contributed by atoms with Crippen molar-refractivity contribution in [3.05, 3.63) is 41.2 Å². The molecule has 1 saturated heterocycles. The molecule has 156 valence electrons. The van der Waals surface area contributed by atoms with E-state index in [9.17, 15) is 0 Å². The zero-order chi connectivity index (χ0) is 20.2. The Morgan fingerprint density at radius 1 is 1.00 bits per heavy atom. The standard InChI is InChI=1S/C22H31N5O2/c1-4-25-9-11-27(12-10-25)22-23-14-18-16-26(8-7-20(18)24-22)15-17-5-6-19(28-2)13-21(17)29-3/h5-6,13-14H,4,7-12,15-16H2,1-3H3. The molecule has 1 aromatic carbocycles. The van der Waals surface area contributed by atoms with Crippen LogP contribution in [0.25, 0.3) is 0 Å². The lowest BCUT2D eigenvalue weighted by molar-refractivity contribution is 0.238. The van der Waals surface area contributed by atoms with Crippen LogP contribution in [0.2, 0.25) is 0 Å². The van der Waals surface area contributed by atoms with Crippen molar-refractivity contribution in [3.8, 4) is 11.5 Å². The predicted molar refractivity (Wildman–Crippen MR) is 114 cm³/mol. The van der Waals surface area contributed by atoms with E-state index in [0.717, 1.165) is 76.2 Å². The molecule has 1 fully saturated rings. The summed E-state index contributed by atoms with van der Waals surface area (Å²) >= 11 is 0. The molecule has 0 amide bonds. The first-order valence-corrected chi connectivity index (χ1v) is 10.5. The number of piperazine rings is 1. The summed E-state index contributed by atoms with van der Waals surface area (Å²) in [7, 11) is 3.38. The van der Waals surface area contributed by atoms with E-state index in [2.05, 4.69) is 27.7 Å². The van der Waals surface area contributed by atoms with Gasteiger partial charge >= 0.3 is 0 Å². The van der Waals surface area contributed by atoms with Gasteiger partial charge in [-0.3, -0.25) is 4.90 Å². The fraction of sp³-hybridized carbons (Fsp3) is 0.545. The van der Waals surface area contributed by atoms with Gasteiger partial charge in [-0.05, 0) is 12.6 Å². The minimum Gasteiger partial charge on any atom is -0.497 e. The van der Waals surface area contributed by atoms with Gasteiger partial charge in [0.2, 0.25) is 5.95 Å². The van der Waals surface area contributed by atoms with Gasteiger partial charge in [-0.1, -0.05) is 13.0 Å². The number of likely N-dealkylation sites (N-methyl/N-ethyl adjacent to an activating group) is 1. The van der Waals surface area contributed by atoms with Crippen molar-refractivity contribution >= 4 is 5.95 Å². The van der Waals surface area contributed by atoms with E-state index in [1.807, 2.05) is 18.3 Å². The van der Waals surface area contributed by atoms with Crippen molar-refractivity contribution in [2.24, 2.45) is 0 Å². The van der Waals surface area contributed by atoms with Gasteiger partial charge in [0, 0.05) is 75.6 Å². The van der Waals surface area contributed by atoms with Crippen molar-refractivity contribution in [2.45, 2.75) is 26.4 Å². The zero-order valence-electron chi connectivity index (χ0n) is 17.7. The maximum Gasteiger partial charge on any atom is 0.225 e. The van der Waals surface area contributed by atoms with Crippen LogP contribution in [-0.2, 0) is 19.5 Å². The van der Waals surface area contributed by atoms with Crippen LogP contribution in [-0.4, -0.2) is 73.3 Å². The van der Waals surface area contributed by atoms with Gasteiger partial charge in [0.15, 0.2) is 0 Å². The molecule has 2 aromatic rings. The molecule has 0 saturated carbocycles. The lowest BCUT2D eigenvalue weighted by atomic mass is 10.1. The minimum absolute atomic E-state index is 0.815. The monoisotopic (exact) mass is 397 g/mol. The van der Waals surface area contributed by atoms with Crippen LogP contribution in [0.15, 0.2) is 24.4 Å². The first kappa shape index (κ1) is 19.9. The molecule has 2 aliphatic rings. The van der Waals surface area contributed by atoms with Gasteiger partial charge in [-0.25, -0.2) is 9.97 Å². The lowest BCUT2D eigenvalue weighted by Gasteiger charge is -2.35. The van der Waals surface area contributed by atoms with Gasteiger partial charge in [-0.15, -0.1) is 0 Å². The first-order valence-electron chi connectivity index (χ1n) is 10.5. The summed E-state index contributed by atoms with van der Waals surface area (Å²) in [5.74, 6) is 2.58. The van der Waals surface area contributed by atoms with Gasteiger partial charge in [0.25, 0.3) is 0 Å². The molecule has 29 heavy (non-hydrogen) atoms. The number of fused-ring (bicyclic) bond motifs is 1. The second-order valence-corrected chi connectivity index (χ2v) is 7.70. The Bertz CT molecular complexity index is 836. The molecule has 0 unspecified atom stereocenters. The fourth-order valence-corrected chi connectivity index (χ4v) is 4.14. The van der Waals surface area contributed by atoms with E-state index in [-0.39, 0.29) is 0 Å². The number of hydrogen-bond donors (Lipinski definition) is 0. The molecule has 2 aliphatic heterocycles. The number of aromatic nitrogens is 2. The average molecular weight is 398 g/mol. The molecule has 1 aromatic heterocycles. The average Bonchev–Trinajstić information content (AvgIpc) is 2.79. The molecule has 4 rings (SSSR count). The van der Waals surface area contributed by atoms with Crippen LogP contribution in [0.4, 0.5) is 5.95 Å². The summed E-state index contributed by atoms with van der Waals surface area (Å²) in [4.78, 5) is 16.8. The molecular formula is C22H31N5O2. The Balaban J connectivity index is 1.42. The first-order chi connectivity index (χ1) is 14.2. The predicted octanol–water partition coefficient (Wildman–Crippen LogP) is 2.19. The van der Waals surface area contributed by atoms with E-state index < -0.39 is 0 Å². The molecule has 0 bridgehead atoms. The Hall–Kier alpha value is -2.38. The molecule has 0 N–H and O–H groups in total. The minimum atomic E-state index is 0.815. The number of benzene rings is 1. The Morgan fingerprint density at radius 3 is 2.55 bits per heavy atom. The molecule has 0 radical (unpaired) electrons. The summed E-state index contributed by atoms with van der Waals surface area (Å²) in [6, 6.07) is 6.02. The Kier molecular flexibility index (Phi) is 6.16. The largest absolute Gasteiger partial charge is 0.497 e. The zero-order valence-corrected chi connectivity index (χ0v) is 17.7. The number of ether oxygens (including phenoxy) is 2. The third kappa shape index (κ3) is 4.46. The topological polar surface area (TPSA) is 54.0 Å². The van der Waals surface area contributed by atoms with Crippen LogP contribution < -0.4 is 14.4 Å². The van der Waals surface area contributed by atoms with Crippen molar-refractivity contribution < 1.29 is 9.47 Å². The molecular weight excluding hydrogens is 366 g/mol. The lowest BCUT2D eigenvalue weighted by Crippen LogP contribution is -2.47. The van der Waals surface area contributed by atoms with E-state index in [1.54, 1.807) is 14.2 Å². The third-order valence-electron chi connectivity index (χ3n) is 5.99. The highest BCUT2D eigenvalue weighted by Crippen LogP contribution is 2.28. The van der Waals surface area contributed by atoms with Gasteiger partial charge in [0.1, 0.15) is 11.5 Å². The third-order valence-corrected chi connectivity index (χ3v) is 5.99. The van der Waals surface area contributed by atoms with Crippen molar-refractivity contribution in [1.82, 2.24) is 19.8 Å². The molecule has 0 atom stereocenters. The van der Waals surface area contributed by atoms with Crippen molar-refractivity contribution in [1.29, 1.82) is 0 Å². The second-order valence-electron chi connectivity index (χ2n) is 7.70. The fourth-order valence-electron chi connectivity index (χ4n) is 4.14. The van der Waals surface area contributed by atoms with Crippen LogP contribution in [0.1, 0.15) is 23.7 Å². The Labute approximate surface area is 173 Å². The molecule has 0 aliphatic carbocycles. The van der Waals surface area contributed by atoms with E-state index in [1.165, 1.54) is 16.8 Å². The van der Waals surface area contributed by atoms with E-state index in [4.69, 9.17) is 19.4 Å². The van der Waals surface area contributed by atoms with Gasteiger partial charge in [-0.2, -0.15) is 0 Å². The summed E-state index contributed by atoms with van der Waals surface area (Å²) < 4.78 is 10.9. The SMILES string of the molecule is CCN1CCN(c2ncc3c(n2)CCN(Cc2ccc(OC)cc2OC)C3)CC1. The molecule has 3 heterocycles. The van der Waals surface area contributed by atoms with Crippen LogP contribution in [0.5, 0.6) is 11.5 Å². The molecule has 7 nitrogen and oxygen atoms in total. The highest BCUT2D eigenvalue weighted by molar-refractivity contribution is 5.41. The highest BCUT2D eigenvalue weighted by Gasteiger charge is 2.23. The quantitative estimate of drug-likeness (QED) is 0.741. The second kappa shape index (κ2) is 8.97. The summed E-state index contributed by atoms with van der Waals surface area (Å²) in [6.07, 6.45) is 2.99. The number of nitrogens with zero attached hydrogens (tertiary/aromatic N) is 5. The maximum atomic E-state index is 5.56. The van der Waals surface area contributed by atoms with Crippen LogP contribution in [0.3, 0.4) is 0 Å². The Morgan fingerprint density at radius 2 is 1.83 bits per heavy atom. The molecule has 0 spiro atoms. The summed E-state index contributed by atoms with van der Waals surface area (Å²) in [5, 5.41) is 0. The van der Waals surface area contributed by atoms with Crippen molar-refractivity contribution in [2.75, 3.05) is 58.4 Å². The summed E-state index contributed by atoms with van der Waals surface area (Å²) in [6.45, 7) is 10.2. The van der Waals surface area contributed by atoms with Crippen LogP contribution in [0, 0.1) is 0 Å². The molecule has 7 heteroatoms. The van der Waals surface area contributed by atoms with Gasteiger partial charge in [0.05, 0.1) is 19.9 Å². The summed E-state index contributed by atoms with van der Waals surface area (Å²) in [5.41, 5.74) is 3.61. The number of rotatable bonds is 6. The highest BCUT2D eigenvalue weighted by atomic mass is 16.5. The number of hydrogen-bond acceptors (Lipinski definition) is 7. The number of anilines is 1. The smallest absolute Gasteiger partial charge is 0.225 e. The van der Waals surface area contributed by atoms with E-state index in [0.29, 0.717) is 0 Å². The van der Waals surface area contributed by atoms with Gasteiger partial charge < -0.3 is 19.3 Å². The number of methoxy groups -OCH3 is 2. The maximum absolute atomic E-state index is 5.56. The van der Waals surface area contributed by atoms with Crippen LogP contribution >= 0.6 is 0 Å². The normalized spacial score (nSPS) is 17.8.